The highest BCUT2D eigenvalue weighted by Crippen LogP contribution is 2.28. The molecule has 0 fully saturated rings. The molecule has 2 rings (SSSR count). The summed E-state index contributed by atoms with van der Waals surface area (Å²) in [6, 6.07) is 14.5. The molecule has 0 aliphatic heterocycles. The Balaban J connectivity index is 1.97. The Bertz CT molecular complexity index is 996. The van der Waals surface area contributed by atoms with Crippen molar-refractivity contribution in [2.75, 3.05) is 20.3 Å². The van der Waals surface area contributed by atoms with Crippen LogP contribution in [0.4, 0.5) is 0 Å². The highest BCUT2D eigenvalue weighted by atomic mass is 16.5. The highest BCUT2D eigenvalue weighted by Gasteiger charge is 2.27. The van der Waals surface area contributed by atoms with Gasteiger partial charge in [-0.1, -0.05) is 36.4 Å². The molecular formula is C25H30N2O6. The molecule has 0 saturated heterocycles. The molecule has 2 amide bonds. The van der Waals surface area contributed by atoms with Crippen LogP contribution in [0.15, 0.2) is 54.6 Å². The van der Waals surface area contributed by atoms with Gasteiger partial charge in [-0.2, -0.15) is 0 Å². The first-order valence-corrected chi connectivity index (χ1v) is 10.4. The van der Waals surface area contributed by atoms with E-state index in [0.29, 0.717) is 23.6 Å². The normalized spacial score (nSPS) is 11.2. The molecule has 0 radical (unpaired) electrons. The number of esters is 1. The van der Waals surface area contributed by atoms with Gasteiger partial charge in [-0.05, 0) is 50.1 Å². The van der Waals surface area contributed by atoms with Crippen molar-refractivity contribution in [1.29, 1.82) is 0 Å². The predicted octanol–water partition coefficient (Wildman–Crippen LogP) is 2.94. The third-order valence-electron chi connectivity index (χ3n) is 4.60. The number of ether oxygens (including phenoxy) is 3. The van der Waals surface area contributed by atoms with Gasteiger partial charge >= 0.3 is 5.97 Å². The van der Waals surface area contributed by atoms with E-state index in [0.717, 1.165) is 5.56 Å². The maximum atomic E-state index is 12.8. The zero-order chi connectivity index (χ0) is 24.4. The van der Waals surface area contributed by atoms with Gasteiger partial charge in [0.05, 0.1) is 7.11 Å². The molecule has 0 bridgehead atoms. The van der Waals surface area contributed by atoms with Crippen molar-refractivity contribution in [2.45, 2.75) is 32.9 Å². The third kappa shape index (κ3) is 8.33. The van der Waals surface area contributed by atoms with E-state index in [4.69, 9.17) is 19.9 Å². The summed E-state index contributed by atoms with van der Waals surface area (Å²) < 4.78 is 15.7. The highest BCUT2D eigenvalue weighted by molar-refractivity contribution is 5.89. The summed E-state index contributed by atoms with van der Waals surface area (Å²) in [5.74, 6) is -0.811. The Morgan fingerprint density at radius 2 is 1.70 bits per heavy atom. The van der Waals surface area contributed by atoms with E-state index < -0.39 is 17.4 Å². The van der Waals surface area contributed by atoms with Crippen LogP contribution in [-0.4, -0.2) is 48.5 Å². The van der Waals surface area contributed by atoms with Crippen molar-refractivity contribution in [2.24, 2.45) is 5.73 Å². The Labute approximate surface area is 193 Å². The van der Waals surface area contributed by atoms with Crippen molar-refractivity contribution >= 4 is 23.9 Å². The van der Waals surface area contributed by atoms with E-state index in [9.17, 15) is 14.4 Å². The van der Waals surface area contributed by atoms with Crippen LogP contribution in [0.2, 0.25) is 0 Å². The van der Waals surface area contributed by atoms with E-state index in [2.05, 4.69) is 0 Å². The number of amides is 2. The second-order valence-corrected chi connectivity index (χ2v) is 8.24. The van der Waals surface area contributed by atoms with Crippen LogP contribution in [0, 0.1) is 0 Å². The van der Waals surface area contributed by atoms with Crippen LogP contribution < -0.4 is 15.2 Å². The van der Waals surface area contributed by atoms with E-state index >= 15 is 0 Å². The molecule has 8 nitrogen and oxygen atoms in total. The van der Waals surface area contributed by atoms with Crippen LogP contribution >= 0.6 is 0 Å². The topological polar surface area (TPSA) is 108 Å². The quantitative estimate of drug-likeness (QED) is 0.437. The summed E-state index contributed by atoms with van der Waals surface area (Å²) in [4.78, 5) is 37.5. The number of hydrogen-bond donors (Lipinski definition) is 1. The molecule has 2 N–H and O–H groups in total. The number of carbonyl (C=O) groups is 3. The van der Waals surface area contributed by atoms with Crippen LogP contribution in [-0.2, 0) is 25.7 Å². The van der Waals surface area contributed by atoms with Gasteiger partial charge in [-0.3, -0.25) is 9.59 Å². The molecule has 0 aromatic heterocycles. The average Bonchev–Trinajstić information content (AvgIpc) is 2.78. The number of nitrogens with two attached hydrogens (primary N) is 1. The fraction of sp³-hybridized carbons (Fsp3) is 0.320. The summed E-state index contributed by atoms with van der Waals surface area (Å²) in [5.41, 5.74) is 6.27. The minimum absolute atomic E-state index is 0.276. The van der Waals surface area contributed by atoms with Crippen LogP contribution in [0.25, 0.3) is 6.08 Å². The summed E-state index contributed by atoms with van der Waals surface area (Å²) >= 11 is 0. The second-order valence-electron chi connectivity index (χ2n) is 8.24. The predicted molar refractivity (Wildman–Crippen MR) is 124 cm³/mol. The molecule has 0 spiro atoms. The van der Waals surface area contributed by atoms with E-state index in [1.165, 1.54) is 19.3 Å². The smallest absolute Gasteiger partial charge is 0.331 e. The van der Waals surface area contributed by atoms with Gasteiger partial charge in [0, 0.05) is 18.2 Å². The number of nitrogens with zero attached hydrogens (tertiary/aromatic N) is 1. The number of rotatable bonds is 10. The Hall–Kier alpha value is -3.81. The van der Waals surface area contributed by atoms with Gasteiger partial charge in [0.2, 0.25) is 0 Å². The lowest BCUT2D eigenvalue weighted by Gasteiger charge is -2.35. The van der Waals surface area contributed by atoms with Crippen LogP contribution in [0.3, 0.4) is 0 Å². The van der Waals surface area contributed by atoms with E-state index in [1.54, 1.807) is 23.1 Å². The standard InChI is InChI=1S/C25H30N2O6/c1-25(2,3)27(15-19-8-6-5-7-9-19)23(29)17-33-24(30)13-11-18-10-12-20(21(14-18)31-4)32-16-22(26)28/h5-14H,15-17H2,1-4H3,(H2,26,28)/b13-11+. The van der Waals surface area contributed by atoms with Gasteiger partial charge in [0.1, 0.15) is 0 Å². The number of primary amides is 1. The van der Waals surface area contributed by atoms with Crippen molar-refractivity contribution in [1.82, 2.24) is 4.90 Å². The molecule has 0 aliphatic carbocycles. The number of carbonyl (C=O) groups excluding carboxylic acids is 3. The lowest BCUT2D eigenvalue weighted by molar-refractivity contribution is -0.151. The second kappa shape index (κ2) is 11.7. The molecule has 176 valence electrons. The zero-order valence-corrected chi connectivity index (χ0v) is 19.4. The van der Waals surface area contributed by atoms with Gasteiger partial charge in [-0.15, -0.1) is 0 Å². The molecule has 8 heteroatoms. The maximum Gasteiger partial charge on any atom is 0.331 e. The molecule has 2 aromatic carbocycles. The first-order chi connectivity index (χ1) is 15.6. The fourth-order valence-corrected chi connectivity index (χ4v) is 2.94. The monoisotopic (exact) mass is 454 g/mol. The first-order valence-electron chi connectivity index (χ1n) is 10.4. The SMILES string of the molecule is COc1cc(/C=C/C(=O)OCC(=O)N(Cc2ccccc2)C(C)(C)C)ccc1OCC(N)=O. The molecule has 0 heterocycles. The molecule has 33 heavy (non-hydrogen) atoms. The van der Waals surface area contributed by atoms with Crippen molar-refractivity contribution in [3.63, 3.8) is 0 Å². The largest absolute Gasteiger partial charge is 0.493 e. The van der Waals surface area contributed by atoms with Gasteiger partial charge < -0.3 is 24.8 Å². The first kappa shape index (κ1) is 25.5. The van der Waals surface area contributed by atoms with Crippen LogP contribution in [0.5, 0.6) is 11.5 Å². The van der Waals surface area contributed by atoms with Crippen LogP contribution in [0.1, 0.15) is 31.9 Å². The minimum Gasteiger partial charge on any atom is -0.493 e. The summed E-state index contributed by atoms with van der Waals surface area (Å²) in [5, 5.41) is 0. The third-order valence-corrected chi connectivity index (χ3v) is 4.60. The fourth-order valence-electron chi connectivity index (χ4n) is 2.94. The number of hydrogen-bond acceptors (Lipinski definition) is 6. The Morgan fingerprint density at radius 3 is 2.30 bits per heavy atom. The zero-order valence-electron chi connectivity index (χ0n) is 19.4. The summed E-state index contributed by atoms with van der Waals surface area (Å²) in [6.45, 7) is 5.57. The summed E-state index contributed by atoms with van der Waals surface area (Å²) in [7, 11) is 1.45. The minimum atomic E-state index is -0.648. The molecular weight excluding hydrogens is 424 g/mol. The lowest BCUT2D eigenvalue weighted by atomic mass is 10.0. The Kier molecular flexibility index (Phi) is 9.03. The lowest BCUT2D eigenvalue weighted by Crippen LogP contribution is -2.46. The van der Waals surface area contributed by atoms with E-state index in [-0.39, 0.29) is 19.1 Å². The van der Waals surface area contributed by atoms with Crippen molar-refractivity contribution < 1.29 is 28.6 Å². The molecule has 0 atom stereocenters. The van der Waals surface area contributed by atoms with Gasteiger partial charge in [0.25, 0.3) is 11.8 Å². The molecule has 0 unspecified atom stereocenters. The van der Waals surface area contributed by atoms with Gasteiger partial charge in [0.15, 0.2) is 24.7 Å². The van der Waals surface area contributed by atoms with Crippen molar-refractivity contribution in [3.05, 3.63) is 65.7 Å². The van der Waals surface area contributed by atoms with Gasteiger partial charge in [-0.25, -0.2) is 4.79 Å². The average molecular weight is 455 g/mol. The number of benzene rings is 2. The Morgan fingerprint density at radius 1 is 1.00 bits per heavy atom. The number of methoxy groups -OCH3 is 1. The molecule has 0 aliphatic rings. The maximum absolute atomic E-state index is 12.8. The van der Waals surface area contributed by atoms with Crippen molar-refractivity contribution in [3.8, 4) is 11.5 Å². The molecule has 0 saturated carbocycles. The summed E-state index contributed by atoms with van der Waals surface area (Å²) in [6.07, 6.45) is 2.75. The van der Waals surface area contributed by atoms with E-state index in [1.807, 2.05) is 51.1 Å². The molecule has 2 aromatic rings.